The zero-order valence-electron chi connectivity index (χ0n) is 15.6. The SMILES string of the molecule is CC/C=C\C/C=C\C/C=C\C/C=C\C/C=C\C/C=C\CCC=NC. The van der Waals surface area contributed by atoms with E-state index in [1.807, 2.05) is 13.3 Å². The van der Waals surface area contributed by atoms with Gasteiger partial charge in [0.1, 0.15) is 0 Å². The maximum Gasteiger partial charge on any atom is 0.0273 e. The molecule has 0 spiro atoms. The predicted molar refractivity (Wildman–Crippen MR) is 112 cm³/mol. The summed E-state index contributed by atoms with van der Waals surface area (Å²) in [5.74, 6) is 0. The molecular formula is C23H35N. The van der Waals surface area contributed by atoms with Gasteiger partial charge in [-0.1, -0.05) is 79.8 Å². The first-order chi connectivity index (χ1) is 11.9. The molecule has 0 unspecified atom stereocenters. The van der Waals surface area contributed by atoms with Crippen LogP contribution >= 0.6 is 0 Å². The van der Waals surface area contributed by atoms with Crippen molar-refractivity contribution in [3.63, 3.8) is 0 Å². The Morgan fingerprint density at radius 1 is 0.500 bits per heavy atom. The van der Waals surface area contributed by atoms with Crippen molar-refractivity contribution in [2.24, 2.45) is 4.99 Å². The zero-order chi connectivity index (χ0) is 17.6. The number of nitrogens with zero attached hydrogens (tertiary/aromatic N) is 1. The van der Waals surface area contributed by atoms with Crippen LogP contribution in [0.4, 0.5) is 0 Å². The first-order valence-corrected chi connectivity index (χ1v) is 9.22. The van der Waals surface area contributed by atoms with E-state index in [1.54, 1.807) is 0 Å². The normalized spacial score (nSPS) is 13.6. The average Bonchev–Trinajstić information content (AvgIpc) is 2.60. The number of rotatable bonds is 14. The second kappa shape index (κ2) is 21.1. The summed E-state index contributed by atoms with van der Waals surface area (Å²) in [5.41, 5.74) is 0. The van der Waals surface area contributed by atoms with Gasteiger partial charge >= 0.3 is 0 Å². The molecule has 0 saturated carbocycles. The molecule has 0 amide bonds. The zero-order valence-corrected chi connectivity index (χ0v) is 15.6. The molecule has 0 aromatic carbocycles. The van der Waals surface area contributed by atoms with Gasteiger partial charge < -0.3 is 4.99 Å². The first kappa shape index (κ1) is 22.1. The lowest BCUT2D eigenvalue weighted by atomic mass is 10.2. The third-order valence-electron chi connectivity index (χ3n) is 3.24. The van der Waals surface area contributed by atoms with Crippen molar-refractivity contribution in [1.82, 2.24) is 0 Å². The fourth-order valence-corrected chi connectivity index (χ4v) is 1.94. The molecule has 1 heteroatoms. The number of hydrogen-bond donors (Lipinski definition) is 0. The van der Waals surface area contributed by atoms with Gasteiger partial charge in [0.05, 0.1) is 0 Å². The van der Waals surface area contributed by atoms with Gasteiger partial charge in [-0.15, -0.1) is 0 Å². The molecule has 0 rings (SSSR count). The quantitative estimate of drug-likeness (QED) is 0.182. The molecule has 0 atom stereocenters. The third-order valence-corrected chi connectivity index (χ3v) is 3.24. The van der Waals surface area contributed by atoms with Crippen molar-refractivity contribution in [3.8, 4) is 0 Å². The van der Waals surface area contributed by atoms with Crippen LogP contribution in [-0.4, -0.2) is 13.3 Å². The molecule has 0 saturated heterocycles. The van der Waals surface area contributed by atoms with E-state index < -0.39 is 0 Å². The molecule has 0 aliphatic carbocycles. The fourth-order valence-electron chi connectivity index (χ4n) is 1.94. The number of hydrogen-bond acceptors (Lipinski definition) is 1. The van der Waals surface area contributed by atoms with Gasteiger partial charge in [0.25, 0.3) is 0 Å². The van der Waals surface area contributed by atoms with Crippen LogP contribution in [0.2, 0.25) is 0 Å². The topological polar surface area (TPSA) is 12.4 Å². The molecule has 1 nitrogen and oxygen atoms in total. The second-order valence-electron chi connectivity index (χ2n) is 5.43. The molecular weight excluding hydrogens is 290 g/mol. The summed E-state index contributed by atoms with van der Waals surface area (Å²) in [4.78, 5) is 3.96. The Bertz CT molecular complexity index is 445. The highest BCUT2D eigenvalue weighted by Gasteiger charge is 1.77. The molecule has 0 aromatic rings. The van der Waals surface area contributed by atoms with E-state index in [-0.39, 0.29) is 0 Å². The predicted octanol–water partition coefficient (Wildman–Crippen LogP) is 7.16. The summed E-state index contributed by atoms with van der Waals surface area (Å²) < 4.78 is 0. The van der Waals surface area contributed by atoms with Crippen LogP contribution < -0.4 is 0 Å². The van der Waals surface area contributed by atoms with Gasteiger partial charge in [-0.25, -0.2) is 0 Å². The van der Waals surface area contributed by atoms with E-state index in [4.69, 9.17) is 0 Å². The van der Waals surface area contributed by atoms with Crippen LogP contribution in [0.1, 0.15) is 58.3 Å². The van der Waals surface area contributed by atoms with E-state index in [2.05, 4.69) is 84.8 Å². The van der Waals surface area contributed by atoms with Crippen LogP contribution in [0.5, 0.6) is 0 Å². The maximum absolute atomic E-state index is 3.96. The molecule has 0 bridgehead atoms. The Balaban J connectivity index is 3.49. The molecule has 132 valence electrons. The van der Waals surface area contributed by atoms with E-state index in [1.165, 1.54) is 0 Å². The summed E-state index contributed by atoms with van der Waals surface area (Å²) in [6, 6.07) is 0. The van der Waals surface area contributed by atoms with Gasteiger partial charge in [-0.3, -0.25) is 0 Å². The monoisotopic (exact) mass is 325 g/mol. The Hall–Kier alpha value is -1.89. The smallest absolute Gasteiger partial charge is 0.0273 e. The minimum absolute atomic E-state index is 1.02. The van der Waals surface area contributed by atoms with Crippen molar-refractivity contribution < 1.29 is 0 Å². The number of allylic oxidation sites excluding steroid dienone is 12. The minimum Gasteiger partial charge on any atom is -0.301 e. The molecule has 0 aliphatic heterocycles. The van der Waals surface area contributed by atoms with E-state index >= 15 is 0 Å². The Morgan fingerprint density at radius 3 is 1.25 bits per heavy atom. The Kier molecular flexibility index (Phi) is 19.4. The van der Waals surface area contributed by atoms with Gasteiger partial charge in [0.2, 0.25) is 0 Å². The lowest BCUT2D eigenvalue weighted by Gasteiger charge is -1.86. The molecule has 0 N–H and O–H groups in total. The van der Waals surface area contributed by atoms with Crippen molar-refractivity contribution in [3.05, 3.63) is 72.9 Å². The van der Waals surface area contributed by atoms with Crippen molar-refractivity contribution in [2.75, 3.05) is 7.05 Å². The maximum atomic E-state index is 3.96. The highest BCUT2D eigenvalue weighted by molar-refractivity contribution is 5.56. The van der Waals surface area contributed by atoms with Gasteiger partial charge in [0.15, 0.2) is 0 Å². The lowest BCUT2D eigenvalue weighted by molar-refractivity contribution is 1.10. The van der Waals surface area contributed by atoms with E-state index in [0.717, 1.165) is 51.4 Å². The van der Waals surface area contributed by atoms with Crippen LogP contribution in [0.15, 0.2) is 77.9 Å². The Labute approximate surface area is 150 Å². The molecule has 0 fully saturated rings. The fraction of sp³-hybridized carbons (Fsp3) is 0.435. The molecule has 0 radical (unpaired) electrons. The van der Waals surface area contributed by atoms with Gasteiger partial charge in [-0.05, 0) is 57.6 Å². The van der Waals surface area contributed by atoms with Crippen molar-refractivity contribution in [2.45, 2.75) is 58.3 Å². The number of unbranched alkanes of at least 4 members (excludes halogenated alkanes) is 1. The van der Waals surface area contributed by atoms with E-state index in [0.29, 0.717) is 0 Å². The average molecular weight is 326 g/mol. The summed E-state index contributed by atoms with van der Waals surface area (Å²) in [5, 5.41) is 0. The van der Waals surface area contributed by atoms with Gasteiger partial charge in [-0.2, -0.15) is 0 Å². The number of aliphatic imine (C=N–C) groups is 1. The largest absolute Gasteiger partial charge is 0.301 e. The Morgan fingerprint density at radius 2 is 0.875 bits per heavy atom. The first-order valence-electron chi connectivity index (χ1n) is 9.22. The second-order valence-corrected chi connectivity index (χ2v) is 5.43. The molecule has 0 aromatic heterocycles. The summed E-state index contributed by atoms with van der Waals surface area (Å²) in [6.45, 7) is 2.16. The lowest BCUT2D eigenvalue weighted by Crippen LogP contribution is -1.71. The summed E-state index contributed by atoms with van der Waals surface area (Å²) in [7, 11) is 1.82. The molecule has 24 heavy (non-hydrogen) atoms. The van der Waals surface area contributed by atoms with Crippen LogP contribution in [0.3, 0.4) is 0 Å². The van der Waals surface area contributed by atoms with Gasteiger partial charge in [0, 0.05) is 7.05 Å². The van der Waals surface area contributed by atoms with Crippen LogP contribution in [0, 0.1) is 0 Å². The molecule has 0 aliphatic rings. The van der Waals surface area contributed by atoms with E-state index in [9.17, 15) is 0 Å². The molecule has 0 heterocycles. The highest BCUT2D eigenvalue weighted by Crippen LogP contribution is 1.97. The highest BCUT2D eigenvalue weighted by atomic mass is 14.6. The summed E-state index contributed by atoms with van der Waals surface area (Å²) in [6.07, 6.45) is 37.1. The van der Waals surface area contributed by atoms with Crippen molar-refractivity contribution >= 4 is 6.21 Å². The van der Waals surface area contributed by atoms with Crippen LogP contribution in [-0.2, 0) is 0 Å². The van der Waals surface area contributed by atoms with Crippen LogP contribution in [0.25, 0.3) is 0 Å². The summed E-state index contributed by atoms with van der Waals surface area (Å²) >= 11 is 0. The van der Waals surface area contributed by atoms with Crippen molar-refractivity contribution in [1.29, 1.82) is 0 Å². The standard InChI is InChI=1S/C23H35N/c1-3-4-5-6-7-8-9-10-11-12-13-14-15-16-17-18-19-20-21-22-23-24-2/h4-5,7-8,10-11,13-14,16-17,19-20,23H,3,6,9,12,15,18,21-22H2,1-2H3/b5-4-,8-7-,11-10-,14-13-,17-16-,20-19-,24-23?. The third kappa shape index (κ3) is 20.1. The minimum atomic E-state index is 1.02.